The van der Waals surface area contributed by atoms with Gasteiger partial charge in [-0.15, -0.1) is 0 Å². The zero-order valence-electron chi connectivity index (χ0n) is 12.7. The maximum Gasteiger partial charge on any atom is 0.0832 e. The predicted octanol–water partition coefficient (Wildman–Crippen LogP) is 4.27. The third kappa shape index (κ3) is 4.55. The van der Waals surface area contributed by atoms with Crippen LogP contribution < -0.4 is 5.73 Å². The van der Waals surface area contributed by atoms with E-state index < -0.39 is 0 Å². The fourth-order valence-electron chi connectivity index (χ4n) is 3.50. The Kier molecular flexibility index (Phi) is 7.25. The quantitative estimate of drug-likeness (QED) is 0.690. The highest BCUT2D eigenvalue weighted by atomic mass is 16.5. The molecule has 1 aliphatic carbocycles. The lowest BCUT2D eigenvalue weighted by Gasteiger charge is -2.39. The molecule has 0 spiro atoms. The van der Waals surface area contributed by atoms with Crippen molar-refractivity contribution >= 4 is 0 Å². The highest BCUT2D eigenvalue weighted by Gasteiger charge is 2.38. The van der Waals surface area contributed by atoms with E-state index in [0.29, 0.717) is 0 Å². The number of ether oxygens (including phenoxy) is 1. The molecule has 1 fully saturated rings. The SMILES string of the molecule is CCCC(C)CC(N)C1(OCC)CCCCCC1. The molecule has 0 aromatic carbocycles. The highest BCUT2D eigenvalue weighted by Crippen LogP contribution is 2.35. The maximum atomic E-state index is 6.55. The van der Waals surface area contributed by atoms with Gasteiger partial charge in [0.15, 0.2) is 0 Å². The van der Waals surface area contributed by atoms with Gasteiger partial charge in [0.1, 0.15) is 0 Å². The minimum atomic E-state index is -0.0206. The monoisotopic (exact) mass is 255 g/mol. The van der Waals surface area contributed by atoms with Gasteiger partial charge in [-0.25, -0.2) is 0 Å². The van der Waals surface area contributed by atoms with Gasteiger partial charge in [-0.2, -0.15) is 0 Å². The molecule has 2 unspecified atom stereocenters. The van der Waals surface area contributed by atoms with Gasteiger partial charge in [0.2, 0.25) is 0 Å². The van der Waals surface area contributed by atoms with E-state index in [4.69, 9.17) is 10.5 Å². The van der Waals surface area contributed by atoms with Crippen LogP contribution in [0.4, 0.5) is 0 Å². The average molecular weight is 255 g/mol. The zero-order chi connectivity index (χ0) is 13.4. The van der Waals surface area contributed by atoms with Crippen LogP contribution >= 0.6 is 0 Å². The van der Waals surface area contributed by atoms with E-state index in [9.17, 15) is 0 Å². The van der Waals surface area contributed by atoms with Crippen LogP contribution in [0, 0.1) is 5.92 Å². The van der Waals surface area contributed by atoms with Crippen molar-refractivity contribution in [2.75, 3.05) is 6.61 Å². The van der Waals surface area contributed by atoms with E-state index in [1.165, 1.54) is 51.4 Å². The van der Waals surface area contributed by atoms with Crippen molar-refractivity contribution in [1.29, 1.82) is 0 Å². The van der Waals surface area contributed by atoms with Crippen molar-refractivity contribution in [3.05, 3.63) is 0 Å². The molecule has 1 saturated carbocycles. The Morgan fingerprint density at radius 3 is 2.22 bits per heavy atom. The lowest BCUT2D eigenvalue weighted by atomic mass is 9.81. The average Bonchev–Trinajstić information content (AvgIpc) is 2.56. The Bertz CT molecular complexity index is 209. The van der Waals surface area contributed by atoms with Crippen LogP contribution in [0.15, 0.2) is 0 Å². The summed E-state index contributed by atoms with van der Waals surface area (Å²) < 4.78 is 6.17. The molecular formula is C16H33NO. The minimum absolute atomic E-state index is 0.0206. The lowest BCUT2D eigenvalue weighted by molar-refractivity contribution is -0.0726. The first-order valence-electron chi connectivity index (χ1n) is 8.04. The molecule has 2 nitrogen and oxygen atoms in total. The number of rotatable bonds is 7. The number of nitrogens with two attached hydrogens (primary N) is 1. The van der Waals surface area contributed by atoms with Gasteiger partial charge in [0, 0.05) is 12.6 Å². The summed E-state index contributed by atoms with van der Waals surface area (Å²) in [4.78, 5) is 0. The molecular weight excluding hydrogens is 222 g/mol. The molecule has 0 radical (unpaired) electrons. The molecule has 0 bridgehead atoms. The summed E-state index contributed by atoms with van der Waals surface area (Å²) in [6, 6.07) is 0.220. The van der Waals surface area contributed by atoms with Crippen LogP contribution in [0.25, 0.3) is 0 Å². The number of hydrogen-bond donors (Lipinski definition) is 1. The maximum absolute atomic E-state index is 6.55. The van der Waals surface area contributed by atoms with Crippen LogP contribution in [-0.4, -0.2) is 18.2 Å². The van der Waals surface area contributed by atoms with Gasteiger partial charge in [-0.05, 0) is 32.1 Å². The first-order chi connectivity index (χ1) is 8.64. The Balaban J connectivity index is 2.62. The van der Waals surface area contributed by atoms with Crippen LogP contribution in [0.3, 0.4) is 0 Å². The van der Waals surface area contributed by atoms with E-state index in [0.717, 1.165) is 18.9 Å². The highest BCUT2D eigenvalue weighted by molar-refractivity contribution is 4.93. The van der Waals surface area contributed by atoms with Crippen molar-refractivity contribution < 1.29 is 4.74 Å². The molecule has 0 aromatic heterocycles. The topological polar surface area (TPSA) is 35.2 Å². The molecule has 0 saturated heterocycles. The second-order valence-corrected chi connectivity index (χ2v) is 6.15. The van der Waals surface area contributed by atoms with Crippen LogP contribution in [0.5, 0.6) is 0 Å². The summed E-state index contributed by atoms with van der Waals surface area (Å²) in [5.74, 6) is 0.727. The fourth-order valence-corrected chi connectivity index (χ4v) is 3.50. The van der Waals surface area contributed by atoms with Crippen LogP contribution in [0.1, 0.15) is 78.6 Å². The fraction of sp³-hybridized carbons (Fsp3) is 1.00. The van der Waals surface area contributed by atoms with Crippen molar-refractivity contribution in [3.63, 3.8) is 0 Å². The van der Waals surface area contributed by atoms with Gasteiger partial charge in [0.05, 0.1) is 5.60 Å². The van der Waals surface area contributed by atoms with Crippen LogP contribution in [0.2, 0.25) is 0 Å². The Morgan fingerprint density at radius 1 is 1.11 bits per heavy atom. The zero-order valence-corrected chi connectivity index (χ0v) is 12.7. The van der Waals surface area contributed by atoms with E-state index in [2.05, 4.69) is 20.8 Å². The normalized spacial score (nSPS) is 23.3. The van der Waals surface area contributed by atoms with Crippen LogP contribution in [-0.2, 0) is 4.74 Å². The third-order valence-electron chi connectivity index (χ3n) is 4.50. The van der Waals surface area contributed by atoms with E-state index in [-0.39, 0.29) is 11.6 Å². The summed E-state index contributed by atoms with van der Waals surface area (Å²) in [6.45, 7) is 7.50. The molecule has 2 heteroatoms. The Morgan fingerprint density at radius 2 is 1.72 bits per heavy atom. The first-order valence-corrected chi connectivity index (χ1v) is 8.04. The van der Waals surface area contributed by atoms with Crippen molar-refractivity contribution in [3.8, 4) is 0 Å². The molecule has 2 atom stereocenters. The standard InChI is InChI=1S/C16H33NO/c1-4-10-14(3)13-15(17)16(18-5-2)11-8-6-7-9-12-16/h14-15H,4-13,17H2,1-3H3. The molecule has 108 valence electrons. The van der Waals surface area contributed by atoms with E-state index in [1.807, 2.05) is 0 Å². The molecule has 18 heavy (non-hydrogen) atoms. The molecule has 1 aliphatic rings. The Labute approximate surface area is 114 Å². The number of hydrogen-bond acceptors (Lipinski definition) is 2. The van der Waals surface area contributed by atoms with E-state index in [1.54, 1.807) is 0 Å². The second kappa shape index (κ2) is 8.16. The van der Waals surface area contributed by atoms with Crippen molar-refractivity contribution in [2.45, 2.75) is 90.2 Å². The van der Waals surface area contributed by atoms with Gasteiger partial charge in [-0.1, -0.05) is 52.4 Å². The van der Waals surface area contributed by atoms with Gasteiger partial charge in [-0.3, -0.25) is 0 Å². The molecule has 0 heterocycles. The summed E-state index contributed by atoms with van der Waals surface area (Å²) in [6.07, 6.45) is 11.3. The minimum Gasteiger partial charge on any atom is -0.374 e. The first kappa shape index (κ1) is 16.0. The summed E-state index contributed by atoms with van der Waals surface area (Å²) in [5.41, 5.74) is 6.52. The lowest BCUT2D eigenvalue weighted by Crippen LogP contribution is -2.50. The largest absolute Gasteiger partial charge is 0.374 e. The summed E-state index contributed by atoms with van der Waals surface area (Å²) in [5, 5.41) is 0. The van der Waals surface area contributed by atoms with Gasteiger partial charge >= 0.3 is 0 Å². The van der Waals surface area contributed by atoms with Crippen molar-refractivity contribution in [1.82, 2.24) is 0 Å². The second-order valence-electron chi connectivity index (χ2n) is 6.15. The van der Waals surface area contributed by atoms with Gasteiger partial charge in [0.25, 0.3) is 0 Å². The predicted molar refractivity (Wildman–Crippen MR) is 78.7 cm³/mol. The summed E-state index contributed by atoms with van der Waals surface area (Å²) >= 11 is 0. The molecule has 1 rings (SSSR count). The van der Waals surface area contributed by atoms with Crippen molar-refractivity contribution in [2.24, 2.45) is 11.7 Å². The Hall–Kier alpha value is -0.0800. The molecule has 0 amide bonds. The summed E-state index contributed by atoms with van der Waals surface area (Å²) in [7, 11) is 0. The van der Waals surface area contributed by atoms with Gasteiger partial charge < -0.3 is 10.5 Å². The molecule has 0 aromatic rings. The smallest absolute Gasteiger partial charge is 0.0832 e. The third-order valence-corrected chi connectivity index (χ3v) is 4.50. The molecule has 0 aliphatic heterocycles. The molecule has 2 N–H and O–H groups in total. The van der Waals surface area contributed by atoms with E-state index >= 15 is 0 Å².